The average molecular weight is 415 g/mol. The molecule has 0 radical (unpaired) electrons. The van der Waals surface area contributed by atoms with Crippen LogP contribution in [0.25, 0.3) is 11.0 Å². The number of carbonyl (C=O) groups excluding carboxylic acids is 1. The molecule has 1 aliphatic rings. The number of anilines is 2. The molecular weight excluding hydrogens is 396 g/mol. The highest BCUT2D eigenvalue weighted by Gasteiger charge is 2.34. The van der Waals surface area contributed by atoms with Crippen LogP contribution in [-0.2, 0) is 4.79 Å². The highest BCUT2D eigenvalue weighted by Crippen LogP contribution is 2.39. The normalized spacial score (nSPS) is 15.6. The number of benzene rings is 3. The Morgan fingerprint density at radius 2 is 1.70 bits per heavy atom. The second-order valence-corrected chi connectivity index (χ2v) is 7.67. The molecule has 3 aromatic carbocycles. The minimum absolute atomic E-state index is 0.158. The quantitative estimate of drug-likeness (QED) is 0.457. The summed E-state index contributed by atoms with van der Waals surface area (Å²) in [6.07, 6.45) is 0. The van der Waals surface area contributed by atoms with E-state index < -0.39 is 0 Å². The van der Waals surface area contributed by atoms with Crippen molar-refractivity contribution in [1.29, 1.82) is 0 Å². The molecule has 0 spiro atoms. The van der Waals surface area contributed by atoms with Crippen molar-refractivity contribution in [1.82, 2.24) is 9.55 Å². The third-order valence-corrected chi connectivity index (χ3v) is 5.54. The van der Waals surface area contributed by atoms with E-state index in [-0.39, 0.29) is 11.9 Å². The van der Waals surface area contributed by atoms with Gasteiger partial charge in [0.2, 0.25) is 5.95 Å². The standard InChI is InChI=1S/C24H19ClN4O/c1-15-21(23(30)27-18-7-3-2-4-8-18)22(16-11-13-17(25)14-12-16)29-20-10-6-5-9-19(20)28-24(29)26-15/h2-14,22H,1H3,(H,26,28)(H,27,30). The molecule has 6 heteroatoms. The number of aromatic nitrogens is 2. The van der Waals surface area contributed by atoms with E-state index >= 15 is 0 Å². The van der Waals surface area contributed by atoms with E-state index in [1.807, 2.05) is 85.8 Å². The summed E-state index contributed by atoms with van der Waals surface area (Å²) in [4.78, 5) is 18.2. The van der Waals surface area contributed by atoms with E-state index in [4.69, 9.17) is 16.6 Å². The fraction of sp³-hybridized carbons (Fsp3) is 0.0833. The molecule has 0 fully saturated rings. The summed E-state index contributed by atoms with van der Waals surface area (Å²) in [5.41, 5.74) is 4.94. The van der Waals surface area contributed by atoms with Gasteiger partial charge in [0, 0.05) is 16.4 Å². The maximum Gasteiger partial charge on any atom is 0.255 e. The molecule has 4 aromatic rings. The summed E-state index contributed by atoms with van der Waals surface area (Å²) in [7, 11) is 0. The van der Waals surface area contributed by atoms with Gasteiger partial charge in [-0.2, -0.15) is 0 Å². The van der Waals surface area contributed by atoms with Gasteiger partial charge in [-0.3, -0.25) is 9.36 Å². The van der Waals surface area contributed by atoms with Crippen LogP contribution in [0.1, 0.15) is 18.5 Å². The van der Waals surface area contributed by atoms with E-state index in [9.17, 15) is 4.79 Å². The van der Waals surface area contributed by atoms with Crippen LogP contribution in [-0.4, -0.2) is 15.5 Å². The van der Waals surface area contributed by atoms with E-state index in [1.165, 1.54) is 0 Å². The van der Waals surface area contributed by atoms with Gasteiger partial charge in [-0.05, 0) is 48.9 Å². The van der Waals surface area contributed by atoms with Crippen molar-refractivity contribution >= 4 is 40.2 Å². The predicted molar refractivity (Wildman–Crippen MR) is 121 cm³/mol. The molecule has 1 atom stereocenters. The van der Waals surface area contributed by atoms with E-state index in [2.05, 4.69) is 15.2 Å². The minimum Gasteiger partial charge on any atom is -0.329 e. The predicted octanol–water partition coefficient (Wildman–Crippen LogP) is 5.62. The number of amides is 1. The highest BCUT2D eigenvalue weighted by molar-refractivity contribution is 6.30. The van der Waals surface area contributed by atoms with Crippen LogP contribution >= 0.6 is 11.6 Å². The van der Waals surface area contributed by atoms with Gasteiger partial charge in [-0.15, -0.1) is 0 Å². The zero-order valence-electron chi connectivity index (χ0n) is 16.3. The van der Waals surface area contributed by atoms with Crippen LogP contribution in [0, 0.1) is 0 Å². The molecule has 1 aromatic heterocycles. The van der Waals surface area contributed by atoms with Gasteiger partial charge in [0.25, 0.3) is 5.91 Å². The number of imidazole rings is 1. The van der Waals surface area contributed by atoms with Crippen LogP contribution < -0.4 is 10.6 Å². The van der Waals surface area contributed by atoms with Crippen LogP contribution in [0.5, 0.6) is 0 Å². The summed E-state index contributed by atoms with van der Waals surface area (Å²) < 4.78 is 2.07. The van der Waals surface area contributed by atoms with Gasteiger partial charge in [-0.1, -0.05) is 54.1 Å². The zero-order chi connectivity index (χ0) is 20.7. The number of rotatable bonds is 3. The van der Waals surface area contributed by atoms with Gasteiger partial charge < -0.3 is 10.6 Å². The molecule has 1 aliphatic heterocycles. The van der Waals surface area contributed by atoms with Crippen molar-refractivity contribution in [3.63, 3.8) is 0 Å². The smallest absolute Gasteiger partial charge is 0.255 e. The van der Waals surface area contributed by atoms with E-state index in [1.54, 1.807) is 0 Å². The van der Waals surface area contributed by atoms with Crippen molar-refractivity contribution in [2.24, 2.45) is 0 Å². The van der Waals surface area contributed by atoms with Crippen LogP contribution in [0.4, 0.5) is 11.6 Å². The number of hydrogen-bond acceptors (Lipinski definition) is 3. The first-order valence-corrected chi connectivity index (χ1v) is 10.1. The molecule has 30 heavy (non-hydrogen) atoms. The van der Waals surface area contributed by atoms with Gasteiger partial charge >= 0.3 is 0 Å². The first-order chi connectivity index (χ1) is 14.6. The number of carbonyl (C=O) groups is 1. The SMILES string of the molecule is CC1=C(C(=O)Nc2ccccc2)C(c2ccc(Cl)cc2)n2c(nc3ccccc32)N1. The molecule has 0 saturated carbocycles. The third kappa shape index (κ3) is 3.13. The first kappa shape index (κ1) is 18.5. The zero-order valence-corrected chi connectivity index (χ0v) is 17.0. The second kappa shape index (κ2) is 7.35. The first-order valence-electron chi connectivity index (χ1n) is 9.68. The number of allylic oxidation sites excluding steroid dienone is 1. The monoisotopic (exact) mass is 414 g/mol. The van der Waals surface area contributed by atoms with Crippen molar-refractivity contribution < 1.29 is 4.79 Å². The molecule has 2 N–H and O–H groups in total. The summed E-state index contributed by atoms with van der Waals surface area (Å²) >= 11 is 6.14. The molecule has 148 valence electrons. The fourth-order valence-corrected chi connectivity index (χ4v) is 4.06. The van der Waals surface area contributed by atoms with Crippen LogP contribution in [0.15, 0.2) is 90.1 Å². The Morgan fingerprint density at radius 3 is 2.47 bits per heavy atom. The summed E-state index contributed by atoms with van der Waals surface area (Å²) in [5.74, 6) is 0.555. The Bertz CT molecular complexity index is 1280. The Labute approximate surface area is 179 Å². The maximum atomic E-state index is 13.4. The van der Waals surface area contributed by atoms with Gasteiger partial charge in [0.1, 0.15) is 0 Å². The van der Waals surface area contributed by atoms with Crippen molar-refractivity contribution in [3.8, 4) is 0 Å². The van der Waals surface area contributed by atoms with E-state index in [0.29, 0.717) is 16.5 Å². The highest BCUT2D eigenvalue weighted by atomic mass is 35.5. The Morgan fingerprint density at radius 1 is 1.00 bits per heavy atom. The lowest BCUT2D eigenvalue weighted by atomic mass is 9.94. The molecule has 1 amide bonds. The lowest BCUT2D eigenvalue weighted by Crippen LogP contribution is -2.30. The lowest BCUT2D eigenvalue weighted by molar-refractivity contribution is -0.113. The minimum atomic E-state index is -0.338. The van der Waals surface area contributed by atoms with Crippen LogP contribution in [0.3, 0.4) is 0 Å². The van der Waals surface area contributed by atoms with E-state index in [0.717, 1.165) is 28.0 Å². The molecule has 0 aliphatic carbocycles. The van der Waals surface area contributed by atoms with Crippen LogP contribution in [0.2, 0.25) is 5.02 Å². The summed E-state index contributed by atoms with van der Waals surface area (Å²) in [6.45, 7) is 1.91. The number of halogens is 1. The molecule has 0 saturated heterocycles. The molecule has 1 unspecified atom stereocenters. The van der Waals surface area contributed by atoms with Gasteiger partial charge in [0.05, 0.1) is 22.6 Å². The summed E-state index contributed by atoms with van der Waals surface area (Å²) in [5, 5.41) is 7.00. The summed E-state index contributed by atoms with van der Waals surface area (Å²) in [6, 6.07) is 24.7. The average Bonchev–Trinajstić information content (AvgIpc) is 3.12. The lowest BCUT2D eigenvalue weighted by Gasteiger charge is -2.30. The Kier molecular flexibility index (Phi) is 4.52. The molecule has 5 nitrogen and oxygen atoms in total. The topological polar surface area (TPSA) is 59.0 Å². The second-order valence-electron chi connectivity index (χ2n) is 7.23. The van der Waals surface area contributed by atoms with Crippen molar-refractivity contribution in [2.45, 2.75) is 13.0 Å². The number of nitrogens with one attached hydrogen (secondary N) is 2. The van der Waals surface area contributed by atoms with Crippen molar-refractivity contribution in [2.75, 3.05) is 10.6 Å². The number of para-hydroxylation sites is 3. The maximum absolute atomic E-state index is 13.4. The molecule has 2 heterocycles. The number of nitrogens with zero attached hydrogens (tertiary/aromatic N) is 2. The number of fused-ring (bicyclic) bond motifs is 3. The van der Waals surface area contributed by atoms with Crippen molar-refractivity contribution in [3.05, 3.63) is 101 Å². The Hall–Kier alpha value is -3.57. The third-order valence-electron chi connectivity index (χ3n) is 5.29. The molecule has 0 bridgehead atoms. The fourth-order valence-electron chi connectivity index (χ4n) is 3.94. The Balaban J connectivity index is 1.68. The number of hydrogen-bond donors (Lipinski definition) is 2. The largest absolute Gasteiger partial charge is 0.329 e. The molecular formula is C24H19ClN4O. The molecule has 5 rings (SSSR count). The van der Waals surface area contributed by atoms with Gasteiger partial charge in [0.15, 0.2) is 0 Å². The van der Waals surface area contributed by atoms with Gasteiger partial charge in [-0.25, -0.2) is 4.98 Å².